The van der Waals surface area contributed by atoms with E-state index in [1.807, 2.05) is 23.1 Å². The zero-order valence-electron chi connectivity index (χ0n) is 8.60. The molecule has 2 heterocycles. The molecule has 1 atom stereocenters. The second-order valence-corrected chi connectivity index (χ2v) is 4.02. The van der Waals surface area contributed by atoms with Gasteiger partial charge >= 0.3 is 0 Å². The molecule has 0 radical (unpaired) electrons. The Morgan fingerprint density at radius 2 is 2.36 bits per heavy atom. The summed E-state index contributed by atoms with van der Waals surface area (Å²) in [6, 6.07) is 2.64. The van der Waals surface area contributed by atoms with E-state index in [0.29, 0.717) is 6.04 Å². The van der Waals surface area contributed by atoms with Gasteiger partial charge in [0.25, 0.3) is 0 Å². The third-order valence-corrected chi connectivity index (χ3v) is 3.00. The normalized spacial score (nSPS) is 23.9. The summed E-state index contributed by atoms with van der Waals surface area (Å²) in [4.78, 5) is 2.24. The third-order valence-electron chi connectivity index (χ3n) is 3.00. The van der Waals surface area contributed by atoms with Crippen molar-refractivity contribution in [1.82, 2.24) is 14.7 Å². The minimum atomic E-state index is 0.660. The van der Waals surface area contributed by atoms with E-state index in [4.69, 9.17) is 0 Å². The molecule has 78 valence electrons. The summed E-state index contributed by atoms with van der Waals surface area (Å²) < 4.78 is 2.00. The molecule has 0 spiro atoms. The molecule has 1 saturated heterocycles. The van der Waals surface area contributed by atoms with E-state index in [1.54, 1.807) is 0 Å². The second-order valence-electron chi connectivity index (χ2n) is 4.02. The van der Waals surface area contributed by atoms with Gasteiger partial charge in [-0.25, -0.2) is 0 Å². The lowest BCUT2D eigenvalue weighted by molar-refractivity contribution is 0.191. The maximum Gasteiger partial charge on any atom is 0.0489 e. The van der Waals surface area contributed by atoms with Gasteiger partial charge < -0.3 is 4.90 Å². The lowest BCUT2D eigenvalue weighted by atomic mass is 10.0. The minimum absolute atomic E-state index is 0.660. The summed E-state index contributed by atoms with van der Waals surface area (Å²) in [5, 5.41) is 4.20. The Kier molecular flexibility index (Phi) is 3.19. The molecule has 0 saturated carbocycles. The predicted molar refractivity (Wildman–Crippen MR) is 56.5 cm³/mol. The first-order valence-electron chi connectivity index (χ1n) is 5.41. The fourth-order valence-corrected chi connectivity index (χ4v) is 2.10. The van der Waals surface area contributed by atoms with Gasteiger partial charge in [0.2, 0.25) is 0 Å². The highest BCUT2D eigenvalue weighted by Crippen LogP contribution is 2.18. The van der Waals surface area contributed by atoms with Crippen LogP contribution < -0.4 is 0 Å². The Bertz CT molecular complexity index is 256. The first kappa shape index (κ1) is 9.71. The molecule has 1 aromatic rings. The fraction of sp³-hybridized carbons (Fsp3) is 0.636. The Morgan fingerprint density at radius 1 is 1.43 bits per heavy atom. The summed E-state index contributed by atoms with van der Waals surface area (Å²) in [6.07, 6.45) is 8.99. The molecule has 0 aliphatic carbocycles. The zero-order chi connectivity index (χ0) is 9.80. The lowest BCUT2D eigenvalue weighted by Gasteiger charge is -2.39. The van der Waals surface area contributed by atoms with Gasteiger partial charge in [0, 0.05) is 18.9 Å². The van der Waals surface area contributed by atoms with Gasteiger partial charge in [0.05, 0.1) is 0 Å². The van der Waals surface area contributed by atoms with Crippen LogP contribution in [0.3, 0.4) is 0 Å². The molecule has 1 aliphatic rings. The van der Waals surface area contributed by atoms with Crippen molar-refractivity contribution in [2.24, 2.45) is 0 Å². The van der Waals surface area contributed by atoms with Crippen molar-refractivity contribution < 1.29 is 0 Å². The highest BCUT2D eigenvalue weighted by molar-refractivity contribution is 4.80. The second kappa shape index (κ2) is 4.60. The first-order chi connectivity index (χ1) is 6.86. The van der Waals surface area contributed by atoms with Gasteiger partial charge in [-0.05, 0) is 37.9 Å². The van der Waals surface area contributed by atoms with Gasteiger partial charge in [-0.3, -0.25) is 11.7 Å². The van der Waals surface area contributed by atoms with Gasteiger partial charge in [0.15, 0.2) is 0 Å². The molecule has 2 rings (SSSR count). The van der Waals surface area contributed by atoms with E-state index in [1.165, 1.54) is 25.7 Å². The maximum atomic E-state index is 4.20. The van der Waals surface area contributed by atoms with Crippen LogP contribution in [-0.2, 0) is 6.54 Å². The van der Waals surface area contributed by atoms with Crippen LogP contribution in [0.15, 0.2) is 18.5 Å². The van der Waals surface area contributed by atoms with Crippen molar-refractivity contribution in [3.8, 4) is 0 Å². The van der Waals surface area contributed by atoms with E-state index >= 15 is 0 Å². The Labute approximate surface area is 85.7 Å². The van der Waals surface area contributed by atoms with Gasteiger partial charge in [-0.15, -0.1) is 0 Å². The number of nitrogens with zero attached hydrogens (tertiary/aromatic N) is 3. The van der Waals surface area contributed by atoms with E-state index in [0.717, 1.165) is 13.1 Å². The van der Waals surface area contributed by atoms with E-state index in [9.17, 15) is 0 Å². The highest BCUT2D eigenvalue weighted by Gasteiger charge is 2.14. The molecule has 3 heteroatoms. The molecule has 0 N–H and O–H groups in total. The number of rotatable bonds is 3. The zero-order valence-corrected chi connectivity index (χ0v) is 8.60. The van der Waals surface area contributed by atoms with Crippen LogP contribution in [0.1, 0.15) is 25.7 Å². The molecule has 1 aromatic heterocycles. The van der Waals surface area contributed by atoms with Crippen molar-refractivity contribution in [2.75, 3.05) is 6.54 Å². The van der Waals surface area contributed by atoms with Gasteiger partial charge in [-0.1, -0.05) is 6.42 Å². The van der Waals surface area contributed by atoms with Crippen LogP contribution in [-0.4, -0.2) is 27.3 Å². The van der Waals surface area contributed by atoms with E-state index < -0.39 is 0 Å². The summed E-state index contributed by atoms with van der Waals surface area (Å²) >= 11 is 0. The monoisotopic (exact) mass is 192 g/mol. The molecule has 1 unspecified atom stereocenters. The Balaban J connectivity index is 1.79. The maximum absolute atomic E-state index is 4.20. The standard InChI is InChI=1S/C11H18N3/c1-13-8-3-2-5-11(13)6-10-14-9-4-7-12-14/h4,7,9,11H,1-3,5-6,8,10H2/q-1. The van der Waals surface area contributed by atoms with Crippen LogP contribution >= 0.6 is 0 Å². The van der Waals surface area contributed by atoms with Crippen molar-refractivity contribution in [1.29, 1.82) is 0 Å². The SMILES string of the molecule is [CH2-]N1CCCCC1CCn1cccn1. The molecular formula is C11H18N3-. The number of aromatic nitrogens is 2. The van der Waals surface area contributed by atoms with Crippen molar-refractivity contribution in [2.45, 2.75) is 38.3 Å². The van der Waals surface area contributed by atoms with Crippen molar-refractivity contribution in [3.63, 3.8) is 0 Å². The summed E-state index contributed by atoms with van der Waals surface area (Å²) in [6.45, 7) is 2.17. The smallest absolute Gasteiger partial charge is 0.0489 e. The largest absolute Gasteiger partial charge is 0.457 e. The van der Waals surface area contributed by atoms with Crippen LogP contribution in [0.5, 0.6) is 0 Å². The summed E-state index contributed by atoms with van der Waals surface area (Å²) in [5.74, 6) is 0. The van der Waals surface area contributed by atoms with Crippen molar-refractivity contribution in [3.05, 3.63) is 25.5 Å². The molecule has 0 amide bonds. The molecule has 1 fully saturated rings. The predicted octanol–water partition coefficient (Wildman–Crippen LogP) is 1.92. The topological polar surface area (TPSA) is 21.1 Å². The fourth-order valence-electron chi connectivity index (χ4n) is 2.10. The number of likely N-dealkylation sites (tertiary alicyclic amines) is 1. The number of hydrogen-bond donors (Lipinski definition) is 0. The first-order valence-corrected chi connectivity index (χ1v) is 5.41. The molecule has 0 aromatic carbocycles. The minimum Gasteiger partial charge on any atom is -0.457 e. The van der Waals surface area contributed by atoms with E-state index in [-0.39, 0.29) is 0 Å². The summed E-state index contributed by atoms with van der Waals surface area (Å²) in [5.41, 5.74) is 0. The van der Waals surface area contributed by atoms with Crippen LogP contribution in [0.2, 0.25) is 0 Å². The number of aryl methyl sites for hydroxylation is 1. The average molecular weight is 192 g/mol. The molecular weight excluding hydrogens is 174 g/mol. The van der Waals surface area contributed by atoms with Gasteiger partial charge in [0.1, 0.15) is 0 Å². The Morgan fingerprint density at radius 3 is 3.07 bits per heavy atom. The van der Waals surface area contributed by atoms with Crippen LogP contribution in [0.4, 0.5) is 0 Å². The molecule has 1 aliphatic heterocycles. The molecule has 3 nitrogen and oxygen atoms in total. The van der Waals surface area contributed by atoms with Crippen molar-refractivity contribution >= 4 is 0 Å². The third kappa shape index (κ3) is 2.35. The number of piperidine rings is 1. The lowest BCUT2D eigenvalue weighted by Crippen LogP contribution is -2.35. The Hall–Kier alpha value is -0.830. The number of hydrogen-bond acceptors (Lipinski definition) is 2. The van der Waals surface area contributed by atoms with E-state index in [2.05, 4.69) is 17.0 Å². The van der Waals surface area contributed by atoms with Crippen LogP contribution in [0.25, 0.3) is 0 Å². The quantitative estimate of drug-likeness (QED) is 0.682. The van der Waals surface area contributed by atoms with Gasteiger partial charge in [-0.2, -0.15) is 5.10 Å². The van der Waals surface area contributed by atoms with Crippen LogP contribution in [0, 0.1) is 7.05 Å². The molecule has 0 bridgehead atoms. The average Bonchev–Trinajstić information content (AvgIpc) is 2.69. The highest BCUT2D eigenvalue weighted by atomic mass is 15.3. The molecule has 14 heavy (non-hydrogen) atoms. The summed E-state index contributed by atoms with van der Waals surface area (Å²) in [7, 11) is 4.08.